The smallest absolute Gasteiger partial charge is 0.125 e. The number of aliphatic hydroxyl groups is 1. The molecule has 1 aromatic heterocycles. The predicted molar refractivity (Wildman–Crippen MR) is 56.1 cm³/mol. The van der Waals surface area contributed by atoms with E-state index in [0.29, 0.717) is 12.0 Å². The molecule has 1 aromatic rings. The lowest BCUT2D eigenvalue weighted by molar-refractivity contribution is 0.253. The molecule has 0 radical (unpaired) electrons. The molecule has 0 aromatic carbocycles. The van der Waals surface area contributed by atoms with Crippen molar-refractivity contribution in [2.24, 2.45) is 5.41 Å². The van der Waals surface area contributed by atoms with Gasteiger partial charge in [0.1, 0.15) is 5.82 Å². The van der Waals surface area contributed by atoms with E-state index < -0.39 is 0 Å². The number of pyridine rings is 1. The first-order valence-electron chi connectivity index (χ1n) is 5.10. The van der Waals surface area contributed by atoms with Crippen LogP contribution in [0, 0.1) is 5.41 Å². The van der Waals surface area contributed by atoms with E-state index in [1.807, 2.05) is 18.2 Å². The van der Waals surface area contributed by atoms with Crippen LogP contribution in [0.5, 0.6) is 0 Å². The molecule has 14 heavy (non-hydrogen) atoms. The first-order chi connectivity index (χ1) is 6.85. The van der Waals surface area contributed by atoms with Gasteiger partial charge in [0.25, 0.3) is 0 Å². The molecule has 0 bridgehead atoms. The van der Waals surface area contributed by atoms with E-state index in [1.165, 1.54) is 12.8 Å². The Bertz CT molecular complexity index is 283. The second-order valence-electron chi connectivity index (χ2n) is 4.04. The average Bonchev–Trinajstić information content (AvgIpc) is 2.98. The summed E-state index contributed by atoms with van der Waals surface area (Å²) in [5, 5.41) is 12.2. The van der Waals surface area contributed by atoms with E-state index in [-0.39, 0.29) is 0 Å². The summed E-state index contributed by atoms with van der Waals surface area (Å²) in [6.45, 7) is 1.23. The lowest BCUT2D eigenvalue weighted by Crippen LogP contribution is -2.17. The lowest BCUT2D eigenvalue weighted by atomic mass is 10.0. The number of aromatic nitrogens is 1. The van der Waals surface area contributed by atoms with Crippen LogP contribution in [0.1, 0.15) is 19.3 Å². The zero-order valence-corrected chi connectivity index (χ0v) is 8.24. The lowest BCUT2D eigenvalue weighted by Gasteiger charge is -2.14. The highest BCUT2D eigenvalue weighted by Gasteiger charge is 2.41. The number of anilines is 1. The Labute approximate surface area is 84.2 Å². The molecule has 0 unspecified atom stereocenters. The average molecular weight is 192 g/mol. The maximum Gasteiger partial charge on any atom is 0.125 e. The Balaban J connectivity index is 1.83. The van der Waals surface area contributed by atoms with Crippen molar-refractivity contribution in [3.8, 4) is 0 Å². The zero-order chi connectivity index (χ0) is 9.86. The highest BCUT2D eigenvalue weighted by molar-refractivity contribution is 5.33. The van der Waals surface area contributed by atoms with Crippen LogP contribution in [0.25, 0.3) is 0 Å². The first-order valence-corrected chi connectivity index (χ1v) is 5.10. The molecule has 3 heteroatoms. The van der Waals surface area contributed by atoms with Crippen LogP contribution in [0.2, 0.25) is 0 Å². The minimum atomic E-state index is 0.296. The van der Waals surface area contributed by atoms with Crippen LogP contribution in [-0.4, -0.2) is 23.2 Å². The van der Waals surface area contributed by atoms with Gasteiger partial charge in [0.2, 0.25) is 0 Å². The molecule has 1 heterocycles. The van der Waals surface area contributed by atoms with E-state index in [0.717, 1.165) is 18.8 Å². The van der Waals surface area contributed by atoms with Crippen molar-refractivity contribution >= 4 is 5.82 Å². The molecule has 1 saturated carbocycles. The minimum absolute atomic E-state index is 0.296. The molecule has 0 aliphatic heterocycles. The van der Waals surface area contributed by atoms with Gasteiger partial charge in [-0.2, -0.15) is 0 Å². The van der Waals surface area contributed by atoms with Crippen LogP contribution < -0.4 is 5.32 Å². The number of aliphatic hydroxyl groups excluding tert-OH is 1. The number of nitrogens with one attached hydrogen (secondary N) is 1. The van der Waals surface area contributed by atoms with Crippen molar-refractivity contribution in [2.45, 2.75) is 19.3 Å². The summed E-state index contributed by atoms with van der Waals surface area (Å²) in [5.74, 6) is 0.928. The third kappa shape index (κ3) is 2.23. The van der Waals surface area contributed by atoms with Crippen molar-refractivity contribution in [1.29, 1.82) is 0 Å². The van der Waals surface area contributed by atoms with E-state index in [1.54, 1.807) is 6.20 Å². The van der Waals surface area contributed by atoms with Crippen LogP contribution in [0.4, 0.5) is 5.82 Å². The Morgan fingerprint density at radius 2 is 2.29 bits per heavy atom. The van der Waals surface area contributed by atoms with Crippen molar-refractivity contribution in [2.75, 3.05) is 18.5 Å². The third-order valence-corrected chi connectivity index (χ3v) is 2.91. The second kappa shape index (κ2) is 3.96. The topological polar surface area (TPSA) is 45.1 Å². The van der Waals surface area contributed by atoms with Gasteiger partial charge in [0.15, 0.2) is 0 Å². The molecule has 0 atom stereocenters. The highest BCUT2D eigenvalue weighted by atomic mass is 16.3. The van der Waals surface area contributed by atoms with Crippen LogP contribution in [-0.2, 0) is 0 Å². The van der Waals surface area contributed by atoms with Gasteiger partial charge in [-0.05, 0) is 36.8 Å². The third-order valence-electron chi connectivity index (χ3n) is 2.91. The fraction of sp³-hybridized carbons (Fsp3) is 0.545. The molecule has 1 aliphatic rings. The van der Waals surface area contributed by atoms with Gasteiger partial charge in [0.05, 0.1) is 0 Å². The Morgan fingerprint density at radius 1 is 1.43 bits per heavy atom. The summed E-state index contributed by atoms with van der Waals surface area (Å²) < 4.78 is 0. The molecular formula is C11H16N2O. The van der Waals surface area contributed by atoms with Gasteiger partial charge >= 0.3 is 0 Å². The summed E-state index contributed by atoms with van der Waals surface area (Å²) in [4.78, 5) is 4.20. The molecule has 0 spiro atoms. The molecule has 1 fully saturated rings. The monoisotopic (exact) mass is 192 g/mol. The predicted octanol–water partition coefficient (Wildman–Crippen LogP) is 1.66. The van der Waals surface area contributed by atoms with E-state index >= 15 is 0 Å². The Kier molecular flexibility index (Phi) is 2.68. The fourth-order valence-electron chi connectivity index (χ4n) is 1.67. The zero-order valence-electron chi connectivity index (χ0n) is 8.24. The molecular weight excluding hydrogens is 176 g/mol. The summed E-state index contributed by atoms with van der Waals surface area (Å²) >= 11 is 0. The summed E-state index contributed by atoms with van der Waals surface area (Å²) in [7, 11) is 0. The molecule has 0 amide bonds. The summed E-state index contributed by atoms with van der Waals surface area (Å²) in [6, 6.07) is 5.85. The SMILES string of the molecule is OCCC1(CNc2ccccn2)CC1. The number of hydrogen-bond donors (Lipinski definition) is 2. The first kappa shape index (κ1) is 9.46. The normalized spacial score (nSPS) is 17.8. The van der Waals surface area contributed by atoms with Gasteiger partial charge in [0, 0.05) is 19.3 Å². The molecule has 1 aliphatic carbocycles. The van der Waals surface area contributed by atoms with Gasteiger partial charge in [-0.3, -0.25) is 0 Å². The molecule has 2 N–H and O–H groups in total. The van der Waals surface area contributed by atoms with E-state index in [4.69, 9.17) is 5.11 Å². The van der Waals surface area contributed by atoms with Crippen molar-refractivity contribution < 1.29 is 5.11 Å². The summed E-state index contributed by atoms with van der Waals surface area (Å²) in [5.41, 5.74) is 0.353. The van der Waals surface area contributed by atoms with Crippen molar-refractivity contribution in [3.05, 3.63) is 24.4 Å². The van der Waals surface area contributed by atoms with Crippen molar-refractivity contribution in [3.63, 3.8) is 0 Å². The standard InChI is InChI=1S/C11H16N2O/c14-8-6-11(4-5-11)9-13-10-3-1-2-7-12-10/h1-3,7,14H,4-6,8-9H2,(H,12,13). The summed E-state index contributed by atoms with van der Waals surface area (Å²) in [6.07, 6.45) is 5.15. The molecule has 0 saturated heterocycles. The molecule has 76 valence electrons. The van der Waals surface area contributed by atoms with Crippen LogP contribution in [0.3, 0.4) is 0 Å². The minimum Gasteiger partial charge on any atom is -0.396 e. The maximum atomic E-state index is 8.90. The van der Waals surface area contributed by atoms with E-state index in [9.17, 15) is 0 Å². The van der Waals surface area contributed by atoms with Gasteiger partial charge in [-0.1, -0.05) is 6.07 Å². The van der Waals surface area contributed by atoms with Crippen molar-refractivity contribution in [1.82, 2.24) is 4.98 Å². The Hall–Kier alpha value is -1.09. The largest absolute Gasteiger partial charge is 0.396 e. The number of nitrogens with zero attached hydrogens (tertiary/aromatic N) is 1. The molecule has 2 rings (SSSR count). The van der Waals surface area contributed by atoms with Gasteiger partial charge in [-0.25, -0.2) is 4.98 Å². The van der Waals surface area contributed by atoms with Crippen LogP contribution >= 0.6 is 0 Å². The second-order valence-corrected chi connectivity index (χ2v) is 4.04. The fourth-order valence-corrected chi connectivity index (χ4v) is 1.67. The highest BCUT2D eigenvalue weighted by Crippen LogP contribution is 2.48. The molecule has 3 nitrogen and oxygen atoms in total. The maximum absolute atomic E-state index is 8.90. The Morgan fingerprint density at radius 3 is 2.86 bits per heavy atom. The van der Waals surface area contributed by atoms with Gasteiger partial charge < -0.3 is 10.4 Å². The van der Waals surface area contributed by atoms with Crippen LogP contribution in [0.15, 0.2) is 24.4 Å². The quantitative estimate of drug-likeness (QED) is 0.745. The number of hydrogen-bond acceptors (Lipinski definition) is 3. The van der Waals surface area contributed by atoms with E-state index in [2.05, 4.69) is 10.3 Å². The van der Waals surface area contributed by atoms with Gasteiger partial charge in [-0.15, -0.1) is 0 Å². The number of rotatable bonds is 5.